The van der Waals surface area contributed by atoms with E-state index in [4.69, 9.17) is 24.7 Å². The molecule has 0 bridgehead atoms. The molecule has 0 aliphatic carbocycles. The van der Waals surface area contributed by atoms with E-state index in [0.29, 0.717) is 29.2 Å². The Balaban J connectivity index is 2.71. The van der Waals surface area contributed by atoms with E-state index in [9.17, 15) is 4.79 Å². The van der Waals surface area contributed by atoms with Gasteiger partial charge < -0.3 is 24.7 Å². The molecule has 2 N–H and O–H groups in total. The second-order valence-corrected chi connectivity index (χ2v) is 5.68. The Hall–Kier alpha value is -1.95. The molecule has 1 aromatic rings. The van der Waals surface area contributed by atoms with Gasteiger partial charge in [0.15, 0.2) is 11.5 Å². The lowest BCUT2D eigenvalue weighted by Crippen LogP contribution is -2.54. The molecule has 0 fully saturated rings. The van der Waals surface area contributed by atoms with Crippen LogP contribution in [0.4, 0.5) is 0 Å². The van der Waals surface area contributed by atoms with Crippen LogP contribution in [-0.4, -0.2) is 32.9 Å². The molecule has 0 saturated carbocycles. The summed E-state index contributed by atoms with van der Waals surface area (Å²) in [5.74, 6) is 0.844. The van der Waals surface area contributed by atoms with Crippen molar-refractivity contribution in [1.29, 1.82) is 0 Å². The van der Waals surface area contributed by atoms with E-state index in [-0.39, 0.29) is 0 Å². The Bertz CT molecular complexity index is 569. The Morgan fingerprint density at radius 2 is 1.90 bits per heavy atom. The molecule has 2 rings (SSSR count). The maximum Gasteiger partial charge on any atom is 0.330 e. The predicted octanol–water partition coefficient (Wildman–Crippen LogP) is 1.59. The molecule has 1 aliphatic rings. The molecule has 1 atom stereocenters. The van der Waals surface area contributed by atoms with Crippen LogP contribution in [0.15, 0.2) is 12.1 Å². The van der Waals surface area contributed by atoms with Crippen molar-refractivity contribution in [2.75, 3.05) is 21.3 Å². The number of benzene rings is 1. The third-order valence-corrected chi connectivity index (χ3v) is 3.61. The van der Waals surface area contributed by atoms with Gasteiger partial charge in [0.05, 0.1) is 21.3 Å². The zero-order chi connectivity index (χ0) is 15.8. The topological polar surface area (TPSA) is 80.0 Å². The van der Waals surface area contributed by atoms with Crippen LogP contribution in [0.3, 0.4) is 0 Å². The van der Waals surface area contributed by atoms with Crippen molar-refractivity contribution in [2.45, 2.75) is 31.4 Å². The monoisotopic (exact) mass is 295 g/mol. The van der Waals surface area contributed by atoms with Crippen LogP contribution < -0.4 is 19.9 Å². The highest BCUT2D eigenvalue weighted by molar-refractivity contribution is 5.85. The second-order valence-electron chi connectivity index (χ2n) is 5.68. The normalized spacial score (nSPS) is 22.8. The Morgan fingerprint density at radius 3 is 2.43 bits per heavy atom. The summed E-state index contributed by atoms with van der Waals surface area (Å²) in [5.41, 5.74) is 4.97. The fraction of sp³-hybridized carbons (Fsp3) is 0.533. The number of hydrogen-bond acceptors (Lipinski definition) is 6. The van der Waals surface area contributed by atoms with Crippen LogP contribution in [0.1, 0.15) is 25.8 Å². The maximum atomic E-state index is 12.2. The fourth-order valence-corrected chi connectivity index (χ4v) is 2.79. The van der Waals surface area contributed by atoms with Crippen molar-refractivity contribution in [3.63, 3.8) is 0 Å². The minimum Gasteiger partial charge on any atom is -0.493 e. The quantitative estimate of drug-likeness (QED) is 0.853. The molecule has 21 heavy (non-hydrogen) atoms. The van der Waals surface area contributed by atoms with Gasteiger partial charge in [0.1, 0.15) is 11.1 Å². The lowest BCUT2D eigenvalue weighted by molar-refractivity contribution is -0.151. The summed E-state index contributed by atoms with van der Waals surface area (Å²) < 4.78 is 21.5. The average molecular weight is 295 g/mol. The number of rotatable bonds is 3. The molecule has 0 saturated heterocycles. The molecular formula is C15H21NO5. The number of nitrogens with two attached hydrogens (primary N) is 1. The second kappa shape index (κ2) is 5.11. The Kier molecular flexibility index (Phi) is 3.76. The van der Waals surface area contributed by atoms with Crippen molar-refractivity contribution < 1.29 is 23.7 Å². The zero-order valence-corrected chi connectivity index (χ0v) is 13.0. The van der Waals surface area contributed by atoms with Crippen molar-refractivity contribution in [2.24, 2.45) is 5.73 Å². The van der Waals surface area contributed by atoms with Gasteiger partial charge in [-0.15, -0.1) is 0 Å². The van der Waals surface area contributed by atoms with E-state index < -0.39 is 17.1 Å². The smallest absolute Gasteiger partial charge is 0.330 e. The summed E-state index contributed by atoms with van der Waals surface area (Å²) >= 11 is 0. The van der Waals surface area contributed by atoms with E-state index in [1.165, 1.54) is 21.3 Å². The number of carbonyl (C=O) groups excluding carboxylic acids is 1. The van der Waals surface area contributed by atoms with E-state index in [2.05, 4.69) is 0 Å². The number of methoxy groups -OCH3 is 3. The first-order valence-electron chi connectivity index (χ1n) is 6.61. The van der Waals surface area contributed by atoms with Crippen LogP contribution in [0, 0.1) is 0 Å². The highest BCUT2D eigenvalue weighted by atomic mass is 16.5. The summed E-state index contributed by atoms with van der Waals surface area (Å²) in [7, 11) is 4.37. The first-order valence-corrected chi connectivity index (χ1v) is 6.61. The highest BCUT2D eigenvalue weighted by Crippen LogP contribution is 2.50. The van der Waals surface area contributed by atoms with Gasteiger partial charge in [-0.3, -0.25) is 0 Å². The van der Waals surface area contributed by atoms with Crippen LogP contribution in [-0.2, 0) is 15.1 Å². The SMILES string of the molecule is COC(=O)C1(N)CC(C)(C)Oc2c1ccc(OC)c2OC. The van der Waals surface area contributed by atoms with E-state index in [1.54, 1.807) is 12.1 Å². The molecule has 1 heterocycles. The molecule has 0 spiro atoms. The van der Waals surface area contributed by atoms with Gasteiger partial charge in [-0.1, -0.05) is 0 Å². The lowest BCUT2D eigenvalue weighted by Gasteiger charge is -2.42. The number of esters is 1. The summed E-state index contributed by atoms with van der Waals surface area (Å²) in [6.07, 6.45) is 0.301. The third kappa shape index (κ3) is 2.40. The van der Waals surface area contributed by atoms with Crippen molar-refractivity contribution in [1.82, 2.24) is 0 Å². The van der Waals surface area contributed by atoms with E-state index in [1.807, 2.05) is 13.8 Å². The molecule has 6 nitrogen and oxygen atoms in total. The summed E-state index contributed by atoms with van der Waals surface area (Å²) in [6, 6.07) is 3.41. The highest BCUT2D eigenvalue weighted by Gasteiger charge is 2.50. The number of fused-ring (bicyclic) bond motifs is 1. The molecule has 1 aliphatic heterocycles. The Labute approximate surface area is 124 Å². The van der Waals surface area contributed by atoms with Gasteiger partial charge >= 0.3 is 5.97 Å². The van der Waals surface area contributed by atoms with Gasteiger partial charge in [-0.05, 0) is 26.0 Å². The number of carbonyl (C=O) groups is 1. The van der Waals surface area contributed by atoms with Gasteiger partial charge in [-0.25, -0.2) is 4.79 Å². The van der Waals surface area contributed by atoms with Crippen molar-refractivity contribution >= 4 is 5.97 Å². The molecule has 116 valence electrons. The van der Waals surface area contributed by atoms with Crippen molar-refractivity contribution in [3.8, 4) is 17.2 Å². The first-order chi connectivity index (χ1) is 9.79. The first kappa shape index (κ1) is 15.4. The molecule has 1 aromatic carbocycles. The molecular weight excluding hydrogens is 274 g/mol. The van der Waals surface area contributed by atoms with Crippen LogP contribution in [0.5, 0.6) is 17.2 Å². The summed E-state index contributed by atoms with van der Waals surface area (Å²) in [6.45, 7) is 3.72. The zero-order valence-electron chi connectivity index (χ0n) is 13.0. The lowest BCUT2D eigenvalue weighted by atomic mass is 9.78. The molecule has 6 heteroatoms. The molecule has 0 amide bonds. The van der Waals surface area contributed by atoms with E-state index in [0.717, 1.165) is 0 Å². The summed E-state index contributed by atoms with van der Waals surface area (Å²) in [5, 5.41) is 0. The minimum absolute atomic E-state index is 0.301. The minimum atomic E-state index is -1.29. The molecule has 1 unspecified atom stereocenters. The standard InChI is InChI=1S/C15H21NO5/c1-14(2)8-15(16,13(17)20-5)9-6-7-10(18-3)12(19-4)11(9)21-14/h6-7H,8,16H2,1-5H3. The third-order valence-electron chi connectivity index (χ3n) is 3.61. The van der Waals surface area contributed by atoms with Gasteiger partial charge in [0.25, 0.3) is 0 Å². The Morgan fingerprint density at radius 1 is 1.24 bits per heavy atom. The van der Waals surface area contributed by atoms with E-state index >= 15 is 0 Å². The largest absolute Gasteiger partial charge is 0.493 e. The van der Waals surface area contributed by atoms with Gasteiger partial charge in [0.2, 0.25) is 5.75 Å². The van der Waals surface area contributed by atoms with Crippen LogP contribution in [0.25, 0.3) is 0 Å². The fourth-order valence-electron chi connectivity index (χ4n) is 2.79. The molecule has 0 aromatic heterocycles. The number of ether oxygens (including phenoxy) is 4. The van der Waals surface area contributed by atoms with Gasteiger partial charge in [0, 0.05) is 12.0 Å². The van der Waals surface area contributed by atoms with Crippen LogP contribution in [0.2, 0.25) is 0 Å². The summed E-state index contributed by atoms with van der Waals surface area (Å²) in [4.78, 5) is 12.2. The van der Waals surface area contributed by atoms with Crippen molar-refractivity contribution in [3.05, 3.63) is 17.7 Å². The maximum absolute atomic E-state index is 12.2. The van der Waals surface area contributed by atoms with Gasteiger partial charge in [-0.2, -0.15) is 0 Å². The number of hydrogen-bond donors (Lipinski definition) is 1. The molecule has 0 radical (unpaired) electrons. The average Bonchev–Trinajstić information content (AvgIpc) is 2.43. The van der Waals surface area contributed by atoms with Crippen LogP contribution >= 0.6 is 0 Å². The predicted molar refractivity (Wildman–Crippen MR) is 76.8 cm³/mol.